The monoisotopic (exact) mass is 289 g/mol. The number of piperidine rings is 1. The lowest BCUT2D eigenvalue weighted by Crippen LogP contribution is -2.47. The van der Waals surface area contributed by atoms with Gasteiger partial charge in [-0.15, -0.1) is 0 Å². The molecule has 0 saturated carbocycles. The predicted octanol–water partition coefficient (Wildman–Crippen LogP) is 2.33. The van der Waals surface area contributed by atoms with Gasteiger partial charge in [-0.1, -0.05) is 12.7 Å². The molecule has 0 bridgehead atoms. The Morgan fingerprint density at radius 2 is 2.05 bits per heavy atom. The van der Waals surface area contributed by atoms with E-state index in [-0.39, 0.29) is 5.91 Å². The van der Waals surface area contributed by atoms with Crippen molar-refractivity contribution in [3.05, 3.63) is 42.5 Å². The van der Waals surface area contributed by atoms with Crippen LogP contribution >= 0.6 is 0 Å². The van der Waals surface area contributed by atoms with E-state index in [9.17, 15) is 14.7 Å². The third-order valence-electron chi connectivity index (χ3n) is 3.52. The molecule has 1 aromatic rings. The summed E-state index contributed by atoms with van der Waals surface area (Å²) in [5, 5.41) is 9.22. The van der Waals surface area contributed by atoms with Crippen molar-refractivity contribution in [1.82, 2.24) is 4.90 Å². The molecule has 21 heavy (non-hydrogen) atoms. The summed E-state index contributed by atoms with van der Waals surface area (Å²) in [7, 11) is 0. The molecule has 5 nitrogen and oxygen atoms in total. The number of hydrogen-bond donors (Lipinski definition) is 1. The minimum atomic E-state index is -0.936. The van der Waals surface area contributed by atoms with Crippen molar-refractivity contribution < 1.29 is 19.4 Å². The standard InChI is InChI=1S/C16H19NO4/c1-2-11-21-13-8-6-12(7-9-13)15(18)17-10-4-3-5-14(17)16(19)20/h2,6-9,14H,1,3-5,10-11H2,(H,19,20)/t14-/m0/s1. The van der Waals surface area contributed by atoms with Crippen LogP contribution in [0.3, 0.4) is 0 Å². The lowest BCUT2D eigenvalue weighted by molar-refractivity contribution is -0.143. The van der Waals surface area contributed by atoms with E-state index in [1.54, 1.807) is 30.3 Å². The van der Waals surface area contributed by atoms with E-state index in [2.05, 4.69) is 6.58 Å². The molecule has 5 heteroatoms. The maximum absolute atomic E-state index is 12.4. The second-order valence-electron chi connectivity index (χ2n) is 4.97. The normalized spacial score (nSPS) is 18.1. The van der Waals surface area contributed by atoms with Crippen LogP contribution in [0.1, 0.15) is 29.6 Å². The highest BCUT2D eigenvalue weighted by molar-refractivity contribution is 5.96. The molecule has 1 N–H and O–H groups in total. The number of ether oxygens (including phenoxy) is 1. The van der Waals surface area contributed by atoms with Gasteiger partial charge in [0.25, 0.3) is 5.91 Å². The van der Waals surface area contributed by atoms with Crippen LogP contribution in [0.5, 0.6) is 5.75 Å². The van der Waals surface area contributed by atoms with Gasteiger partial charge in [0.15, 0.2) is 0 Å². The van der Waals surface area contributed by atoms with E-state index in [4.69, 9.17) is 4.74 Å². The largest absolute Gasteiger partial charge is 0.490 e. The van der Waals surface area contributed by atoms with Gasteiger partial charge in [0.1, 0.15) is 18.4 Å². The van der Waals surface area contributed by atoms with Gasteiger partial charge in [0.05, 0.1) is 0 Å². The Morgan fingerprint density at radius 3 is 2.67 bits per heavy atom. The Kier molecular flexibility index (Phi) is 4.98. The van der Waals surface area contributed by atoms with Crippen LogP contribution in [0.4, 0.5) is 0 Å². The van der Waals surface area contributed by atoms with E-state index >= 15 is 0 Å². The van der Waals surface area contributed by atoms with Crippen molar-refractivity contribution in [3.8, 4) is 5.75 Å². The predicted molar refractivity (Wildman–Crippen MR) is 78.4 cm³/mol. The first kappa shape index (κ1) is 15.1. The molecule has 1 aliphatic rings. The van der Waals surface area contributed by atoms with Crippen LogP contribution < -0.4 is 4.74 Å². The van der Waals surface area contributed by atoms with Crippen LogP contribution in [0.25, 0.3) is 0 Å². The van der Waals surface area contributed by atoms with Gasteiger partial charge in [-0.25, -0.2) is 4.79 Å². The average molecular weight is 289 g/mol. The van der Waals surface area contributed by atoms with Gasteiger partial charge < -0.3 is 14.7 Å². The van der Waals surface area contributed by atoms with Crippen LogP contribution in [0.15, 0.2) is 36.9 Å². The number of aliphatic carboxylic acids is 1. The molecule has 1 aliphatic heterocycles. The molecule has 2 rings (SSSR count). The summed E-state index contributed by atoms with van der Waals surface area (Å²) in [6, 6.07) is 6.01. The minimum absolute atomic E-state index is 0.239. The first-order valence-electron chi connectivity index (χ1n) is 7.01. The second-order valence-corrected chi connectivity index (χ2v) is 4.97. The Balaban J connectivity index is 2.10. The van der Waals surface area contributed by atoms with Crippen LogP contribution in [-0.2, 0) is 4.79 Å². The summed E-state index contributed by atoms with van der Waals surface area (Å²) in [6.07, 6.45) is 3.84. The molecule has 112 valence electrons. The number of amides is 1. The molecular formula is C16H19NO4. The summed E-state index contributed by atoms with van der Waals surface area (Å²) in [5.74, 6) is -0.522. The summed E-state index contributed by atoms with van der Waals surface area (Å²) in [6.45, 7) is 4.46. The number of carboxylic acids is 1. The first-order valence-corrected chi connectivity index (χ1v) is 7.01. The van der Waals surface area contributed by atoms with Gasteiger partial charge >= 0.3 is 5.97 Å². The third-order valence-corrected chi connectivity index (χ3v) is 3.52. The number of benzene rings is 1. The van der Waals surface area contributed by atoms with Crippen molar-refractivity contribution >= 4 is 11.9 Å². The molecule has 0 aliphatic carbocycles. The lowest BCUT2D eigenvalue weighted by atomic mass is 10.0. The number of carbonyl (C=O) groups is 2. The van der Waals surface area contributed by atoms with Gasteiger partial charge in [-0.3, -0.25) is 4.79 Å². The topological polar surface area (TPSA) is 66.8 Å². The number of likely N-dealkylation sites (tertiary alicyclic amines) is 1. The Bertz CT molecular complexity index is 524. The van der Waals surface area contributed by atoms with E-state index in [0.717, 1.165) is 12.8 Å². The first-order chi connectivity index (χ1) is 10.1. The van der Waals surface area contributed by atoms with E-state index < -0.39 is 12.0 Å². The molecule has 0 aromatic heterocycles. The van der Waals surface area contributed by atoms with E-state index in [1.165, 1.54) is 4.90 Å². The highest BCUT2D eigenvalue weighted by Gasteiger charge is 2.32. The molecule has 1 atom stereocenters. The van der Waals surface area contributed by atoms with Crippen LogP contribution in [0.2, 0.25) is 0 Å². The summed E-state index contributed by atoms with van der Waals surface area (Å²) in [4.78, 5) is 25.1. The van der Waals surface area contributed by atoms with E-state index in [0.29, 0.717) is 30.9 Å². The van der Waals surface area contributed by atoms with Crippen LogP contribution in [-0.4, -0.2) is 41.1 Å². The number of rotatable bonds is 5. The zero-order valence-corrected chi connectivity index (χ0v) is 11.8. The minimum Gasteiger partial charge on any atom is -0.490 e. The molecule has 1 fully saturated rings. The van der Waals surface area contributed by atoms with Crippen molar-refractivity contribution in [2.75, 3.05) is 13.2 Å². The maximum Gasteiger partial charge on any atom is 0.326 e. The summed E-state index contributed by atoms with van der Waals surface area (Å²) < 4.78 is 5.36. The van der Waals surface area contributed by atoms with Gasteiger partial charge in [0, 0.05) is 12.1 Å². The fourth-order valence-electron chi connectivity index (χ4n) is 2.45. The maximum atomic E-state index is 12.4. The zero-order valence-electron chi connectivity index (χ0n) is 11.8. The Hall–Kier alpha value is -2.30. The smallest absolute Gasteiger partial charge is 0.326 e. The quantitative estimate of drug-likeness (QED) is 0.845. The lowest BCUT2D eigenvalue weighted by Gasteiger charge is -2.33. The second kappa shape index (κ2) is 6.92. The molecule has 0 radical (unpaired) electrons. The SMILES string of the molecule is C=CCOc1ccc(C(=O)N2CCCC[C@H]2C(=O)O)cc1. The summed E-state index contributed by atoms with van der Waals surface area (Å²) >= 11 is 0. The molecule has 1 amide bonds. The fourth-order valence-corrected chi connectivity index (χ4v) is 2.45. The average Bonchev–Trinajstić information content (AvgIpc) is 2.52. The van der Waals surface area contributed by atoms with Crippen molar-refractivity contribution in [3.63, 3.8) is 0 Å². The number of hydrogen-bond acceptors (Lipinski definition) is 3. The van der Waals surface area contributed by atoms with Gasteiger partial charge in [0.2, 0.25) is 0 Å². The third kappa shape index (κ3) is 3.62. The summed E-state index contributed by atoms with van der Waals surface area (Å²) in [5.41, 5.74) is 0.481. The van der Waals surface area contributed by atoms with Crippen molar-refractivity contribution in [2.45, 2.75) is 25.3 Å². The van der Waals surface area contributed by atoms with Gasteiger partial charge in [-0.05, 0) is 43.5 Å². The Morgan fingerprint density at radius 1 is 1.33 bits per heavy atom. The van der Waals surface area contributed by atoms with Crippen LogP contribution in [0, 0.1) is 0 Å². The fraction of sp³-hybridized carbons (Fsp3) is 0.375. The van der Waals surface area contributed by atoms with E-state index in [1.807, 2.05) is 0 Å². The number of nitrogens with zero attached hydrogens (tertiary/aromatic N) is 1. The van der Waals surface area contributed by atoms with Gasteiger partial charge in [-0.2, -0.15) is 0 Å². The highest BCUT2D eigenvalue weighted by atomic mass is 16.5. The molecular weight excluding hydrogens is 270 g/mol. The van der Waals surface area contributed by atoms with Crippen molar-refractivity contribution in [2.24, 2.45) is 0 Å². The highest BCUT2D eigenvalue weighted by Crippen LogP contribution is 2.21. The number of carbonyl (C=O) groups excluding carboxylic acids is 1. The molecule has 0 unspecified atom stereocenters. The zero-order chi connectivity index (χ0) is 15.2. The molecule has 1 aromatic carbocycles. The Labute approximate surface area is 123 Å². The molecule has 1 saturated heterocycles. The molecule has 1 heterocycles. The van der Waals surface area contributed by atoms with Crippen molar-refractivity contribution in [1.29, 1.82) is 0 Å². The number of carboxylic acid groups (broad SMARTS) is 1. The molecule has 0 spiro atoms.